The maximum atomic E-state index is 13.0. The Balaban J connectivity index is 1.50. The standard InChI is InChI=1S/C29H34N6O3/c1-6-33-18-32-23-13-19(8-10-24(23)33)7-9-20-15-34(25-11-12-31-27(30)26(20)25)21-14-22(17-37-5)35(16-21)28(36)38-29(2,3)4/h8,10-13,15,18,21-22H,6,14,16-17H2,1-5H3,(H2,30,31)/t21-,22+/m0/s1. The van der Waals surface area contributed by atoms with Gasteiger partial charge >= 0.3 is 6.09 Å². The van der Waals surface area contributed by atoms with Crippen molar-refractivity contribution in [3.63, 3.8) is 0 Å². The first-order valence-corrected chi connectivity index (χ1v) is 12.9. The molecule has 4 aromatic rings. The highest BCUT2D eigenvalue weighted by Crippen LogP contribution is 2.35. The first-order valence-electron chi connectivity index (χ1n) is 12.9. The van der Waals surface area contributed by atoms with Crippen molar-refractivity contribution in [1.82, 2.24) is 24.0 Å². The van der Waals surface area contributed by atoms with Gasteiger partial charge in [-0.2, -0.15) is 0 Å². The molecule has 38 heavy (non-hydrogen) atoms. The zero-order valence-corrected chi connectivity index (χ0v) is 22.6. The van der Waals surface area contributed by atoms with Gasteiger partial charge in [-0.25, -0.2) is 14.8 Å². The van der Waals surface area contributed by atoms with Crippen LogP contribution in [0.15, 0.2) is 43.0 Å². The van der Waals surface area contributed by atoms with Crippen molar-refractivity contribution in [2.75, 3.05) is 26.0 Å². The number of methoxy groups -OCH3 is 1. The highest BCUT2D eigenvalue weighted by molar-refractivity contribution is 5.95. The molecule has 1 aliphatic rings. The minimum Gasteiger partial charge on any atom is -0.444 e. The molecule has 0 spiro atoms. The summed E-state index contributed by atoms with van der Waals surface area (Å²) >= 11 is 0. The van der Waals surface area contributed by atoms with Crippen LogP contribution in [0.5, 0.6) is 0 Å². The van der Waals surface area contributed by atoms with Crippen LogP contribution in [0.1, 0.15) is 51.3 Å². The van der Waals surface area contributed by atoms with Crippen LogP contribution in [0.4, 0.5) is 10.6 Å². The molecule has 4 heterocycles. The van der Waals surface area contributed by atoms with Crippen molar-refractivity contribution in [2.45, 2.75) is 58.3 Å². The van der Waals surface area contributed by atoms with Crippen molar-refractivity contribution in [3.05, 3.63) is 54.1 Å². The van der Waals surface area contributed by atoms with E-state index in [1.807, 2.05) is 51.5 Å². The van der Waals surface area contributed by atoms with E-state index in [4.69, 9.17) is 15.2 Å². The summed E-state index contributed by atoms with van der Waals surface area (Å²) in [6.45, 7) is 9.51. The fraction of sp³-hybridized carbons (Fsp3) is 0.414. The third-order valence-electron chi connectivity index (χ3n) is 6.85. The fourth-order valence-electron chi connectivity index (χ4n) is 5.15. The van der Waals surface area contributed by atoms with Crippen LogP contribution in [-0.4, -0.2) is 62.0 Å². The van der Waals surface area contributed by atoms with Crippen molar-refractivity contribution in [1.29, 1.82) is 0 Å². The Labute approximate surface area is 222 Å². The molecule has 1 aromatic carbocycles. The minimum atomic E-state index is -0.576. The summed E-state index contributed by atoms with van der Waals surface area (Å²) < 4.78 is 15.4. The Kier molecular flexibility index (Phi) is 6.76. The molecule has 0 aliphatic carbocycles. The van der Waals surface area contributed by atoms with E-state index in [2.05, 4.69) is 43.9 Å². The summed E-state index contributed by atoms with van der Waals surface area (Å²) in [7, 11) is 1.65. The molecule has 3 aromatic heterocycles. The number of ether oxygens (including phenoxy) is 2. The minimum absolute atomic E-state index is 0.0110. The molecule has 9 nitrogen and oxygen atoms in total. The first kappa shape index (κ1) is 25.6. The van der Waals surface area contributed by atoms with E-state index in [9.17, 15) is 4.79 Å². The molecule has 9 heteroatoms. The number of pyridine rings is 1. The normalized spacial score (nSPS) is 17.7. The number of nitrogens with zero attached hydrogens (tertiary/aromatic N) is 5. The number of aromatic nitrogens is 4. The van der Waals surface area contributed by atoms with Gasteiger partial charge in [-0.3, -0.25) is 0 Å². The number of hydrogen-bond acceptors (Lipinski definition) is 6. The van der Waals surface area contributed by atoms with Crippen molar-refractivity contribution in [2.24, 2.45) is 0 Å². The lowest BCUT2D eigenvalue weighted by Gasteiger charge is -2.28. The number of carbonyl (C=O) groups is 1. The quantitative estimate of drug-likeness (QED) is 0.400. The van der Waals surface area contributed by atoms with Crippen LogP contribution < -0.4 is 5.73 Å². The number of benzene rings is 1. The van der Waals surface area contributed by atoms with Gasteiger partial charge in [-0.05, 0) is 58.4 Å². The summed E-state index contributed by atoms with van der Waals surface area (Å²) in [4.78, 5) is 23.6. The smallest absolute Gasteiger partial charge is 0.410 e. The number of nitrogens with two attached hydrogens (primary N) is 1. The maximum absolute atomic E-state index is 13.0. The molecule has 1 fully saturated rings. The number of amides is 1. The number of hydrogen-bond donors (Lipinski definition) is 1. The summed E-state index contributed by atoms with van der Waals surface area (Å²) in [5.74, 6) is 7.03. The predicted octanol–water partition coefficient (Wildman–Crippen LogP) is 4.58. The summed E-state index contributed by atoms with van der Waals surface area (Å²) in [5, 5.41) is 0.815. The van der Waals surface area contributed by atoms with Crippen LogP contribution in [-0.2, 0) is 16.0 Å². The summed E-state index contributed by atoms with van der Waals surface area (Å²) in [6.07, 6.45) is 5.97. The van der Waals surface area contributed by atoms with Crippen LogP contribution >= 0.6 is 0 Å². The van der Waals surface area contributed by atoms with E-state index in [0.29, 0.717) is 19.0 Å². The monoisotopic (exact) mass is 514 g/mol. The molecule has 0 saturated carbocycles. The highest BCUT2D eigenvalue weighted by Gasteiger charge is 2.39. The third kappa shape index (κ3) is 4.92. The topological polar surface area (TPSA) is 100 Å². The Morgan fingerprint density at radius 1 is 1.18 bits per heavy atom. The molecular weight excluding hydrogens is 480 g/mol. The van der Waals surface area contributed by atoms with Crippen LogP contribution in [0.2, 0.25) is 0 Å². The molecule has 1 aliphatic heterocycles. The van der Waals surface area contributed by atoms with Crippen molar-refractivity contribution in [3.8, 4) is 11.8 Å². The second kappa shape index (κ2) is 10.0. The molecule has 198 valence electrons. The lowest BCUT2D eigenvalue weighted by molar-refractivity contribution is 0.0146. The lowest BCUT2D eigenvalue weighted by Crippen LogP contribution is -2.41. The van der Waals surface area contributed by atoms with Gasteiger partial charge in [-0.15, -0.1) is 0 Å². The van der Waals surface area contributed by atoms with Crippen molar-refractivity contribution >= 4 is 33.8 Å². The fourth-order valence-corrected chi connectivity index (χ4v) is 5.15. The average Bonchev–Trinajstić information content (AvgIpc) is 3.57. The van der Waals surface area contributed by atoms with Crippen LogP contribution in [0, 0.1) is 11.8 Å². The van der Waals surface area contributed by atoms with Gasteiger partial charge in [0.25, 0.3) is 0 Å². The van der Waals surface area contributed by atoms with E-state index in [0.717, 1.165) is 46.0 Å². The number of anilines is 1. The second-order valence-electron chi connectivity index (χ2n) is 10.7. The molecule has 0 bridgehead atoms. The Bertz CT molecular complexity index is 1550. The van der Waals surface area contributed by atoms with E-state index < -0.39 is 5.60 Å². The molecule has 1 saturated heterocycles. The number of fused-ring (bicyclic) bond motifs is 2. The number of aryl methyl sites for hydroxylation is 1. The molecule has 2 N–H and O–H groups in total. The van der Waals surface area contributed by atoms with E-state index in [-0.39, 0.29) is 18.2 Å². The second-order valence-corrected chi connectivity index (χ2v) is 10.7. The Morgan fingerprint density at radius 3 is 2.74 bits per heavy atom. The van der Waals surface area contributed by atoms with Gasteiger partial charge in [-0.1, -0.05) is 11.8 Å². The first-order chi connectivity index (χ1) is 18.2. The SMILES string of the molecule is CCn1cnc2cc(C#Cc3cn([C@H]4C[C@H](COC)N(C(=O)OC(C)(C)C)C4)c4ccnc(N)c34)ccc21. The number of likely N-dealkylation sites (tertiary alicyclic amines) is 1. The van der Waals surface area contributed by atoms with Gasteiger partial charge in [0.15, 0.2) is 0 Å². The molecule has 1 amide bonds. The van der Waals surface area contributed by atoms with E-state index in [1.54, 1.807) is 18.2 Å². The zero-order valence-electron chi connectivity index (χ0n) is 22.6. The Morgan fingerprint density at radius 2 is 2.00 bits per heavy atom. The van der Waals surface area contributed by atoms with Crippen molar-refractivity contribution < 1.29 is 14.3 Å². The number of rotatable bonds is 4. The number of nitrogen functional groups attached to an aromatic ring is 1. The molecular formula is C29H34N6O3. The van der Waals surface area contributed by atoms with Crippen LogP contribution in [0.25, 0.3) is 21.9 Å². The predicted molar refractivity (Wildman–Crippen MR) is 148 cm³/mol. The average molecular weight is 515 g/mol. The molecule has 5 rings (SSSR count). The Hall–Kier alpha value is -4.03. The van der Waals surface area contributed by atoms with Gasteiger partial charge in [0, 0.05) is 38.2 Å². The summed E-state index contributed by atoms with van der Waals surface area (Å²) in [5.41, 5.74) is 10.4. The zero-order chi connectivity index (χ0) is 27.0. The molecule has 0 radical (unpaired) electrons. The van der Waals surface area contributed by atoms with E-state index >= 15 is 0 Å². The maximum Gasteiger partial charge on any atom is 0.410 e. The van der Waals surface area contributed by atoms with Gasteiger partial charge in [0.1, 0.15) is 11.4 Å². The highest BCUT2D eigenvalue weighted by atomic mass is 16.6. The van der Waals surface area contributed by atoms with Gasteiger partial charge in [0.2, 0.25) is 0 Å². The lowest BCUT2D eigenvalue weighted by atomic mass is 10.1. The number of imidazole rings is 1. The van der Waals surface area contributed by atoms with Gasteiger partial charge < -0.3 is 29.2 Å². The number of carbonyl (C=O) groups excluding carboxylic acids is 1. The van der Waals surface area contributed by atoms with Gasteiger partial charge in [0.05, 0.1) is 52.5 Å². The largest absolute Gasteiger partial charge is 0.444 e. The molecule has 2 atom stereocenters. The summed E-state index contributed by atoms with van der Waals surface area (Å²) in [6, 6.07) is 7.92. The van der Waals surface area contributed by atoms with Crippen LogP contribution in [0.3, 0.4) is 0 Å². The third-order valence-corrected chi connectivity index (χ3v) is 6.85. The van der Waals surface area contributed by atoms with E-state index in [1.165, 1.54) is 0 Å². The molecule has 0 unspecified atom stereocenters.